The quantitative estimate of drug-likeness (QED) is 0.857. The van der Waals surface area contributed by atoms with E-state index in [1.165, 1.54) is 17.0 Å². The Morgan fingerprint density at radius 1 is 1.00 bits per heavy atom. The molecule has 1 atom stereocenters. The molecule has 124 valence electrons. The largest absolute Gasteiger partial charge is 0.325 e. The molecule has 3 rings (SSSR count). The van der Waals surface area contributed by atoms with Crippen molar-refractivity contribution >= 4 is 11.9 Å². The van der Waals surface area contributed by atoms with E-state index in [2.05, 4.69) is 5.32 Å². The fraction of sp³-hybridized carbons (Fsp3) is 0.263. The van der Waals surface area contributed by atoms with Crippen molar-refractivity contribution in [1.82, 2.24) is 10.2 Å². The highest BCUT2D eigenvalue weighted by Crippen LogP contribution is 2.24. The predicted octanol–water partition coefficient (Wildman–Crippen LogP) is 3.27. The molecule has 1 unspecified atom stereocenters. The summed E-state index contributed by atoms with van der Waals surface area (Å²) in [6.07, 6.45) is 1.23. The molecule has 0 bridgehead atoms. The molecule has 1 heterocycles. The van der Waals surface area contributed by atoms with E-state index >= 15 is 0 Å². The maximum absolute atomic E-state index is 13.0. The number of carbonyl (C=O) groups is 2. The second-order valence-corrected chi connectivity index (χ2v) is 6.27. The average Bonchev–Trinajstić information content (AvgIpc) is 2.80. The molecule has 1 N–H and O–H groups in total. The van der Waals surface area contributed by atoms with Gasteiger partial charge in [-0.3, -0.25) is 9.69 Å². The summed E-state index contributed by atoms with van der Waals surface area (Å²) in [7, 11) is 0. The number of hydrogen-bond acceptors (Lipinski definition) is 2. The Bertz CT molecular complexity index is 746. The maximum atomic E-state index is 13.0. The first-order valence-electron chi connectivity index (χ1n) is 7.90. The number of amides is 3. The molecule has 1 aliphatic heterocycles. The van der Waals surface area contributed by atoms with Crippen molar-refractivity contribution in [3.8, 4) is 0 Å². The highest BCUT2D eigenvalue weighted by atomic mass is 19.1. The van der Waals surface area contributed by atoms with Gasteiger partial charge in [-0.2, -0.15) is 0 Å². The number of imide groups is 1. The van der Waals surface area contributed by atoms with Crippen LogP contribution in [0, 0.1) is 5.82 Å². The van der Waals surface area contributed by atoms with Crippen molar-refractivity contribution in [3.63, 3.8) is 0 Å². The van der Waals surface area contributed by atoms with Crippen molar-refractivity contribution < 1.29 is 14.0 Å². The summed E-state index contributed by atoms with van der Waals surface area (Å²) in [4.78, 5) is 26.1. The van der Waals surface area contributed by atoms with E-state index in [0.717, 1.165) is 5.56 Å². The summed E-state index contributed by atoms with van der Waals surface area (Å²) in [5.74, 6) is -0.587. The van der Waals surface area contributed by atoms with Crippen LogP contribution < -0.4 is 5.32 Å². The molecule has 4 nitrogen and oxygen atoms in total. The highest BCUT2D eigenvalue weighted by molar-refractivity contribution is 6.06. The number of aryl methyl sites for hydroxylation is 1. The Hall–Kier alpha value is -2.69. The van der Waals surface area contributed by atoms with Crippen LogP contribution in [0.2, 0.25) is 0 Å². The molecule has 0 aromatic heterocycles. The molecule has 2 aromatic rings. The second-order valence-electron chi connectivity index (χ2n) is 6.27. The molecule has 2 aromatic carbocycles. The van der Waals surface area contributed by atoms with E-state index in [1.54, 1.807) is 19.1 Å². The standard InChI is InChI=1S/C19H19FN2O2/c1-19(12-11-14-5-3-2-4-6-14)17(23)22(18(24)21-19)13-15-7-9-16(20)10-8-15/h2-10H,11-13H2,1H3,(H,21,24). The Labute approximate surface area is 140 Å². The zero-order valence-electron chi connectivity index (χ0n) is 13.5. The van der Waals surface area contributed by atoms with Crippen molar-refractivity contribution in [2.75, 3.05) is 0 Å². The molecule has 1 aliphatic rings. The number of hydrogen-bond donors (Lipinski definition) is 1. The molecular weight excluding hydrogens is 307 g/mol. The van der Waals surface area contributed by atoms with E-state index in [-0.39, 0.29) is 18.3 Å². The molecule has 1 fully saturated rings. The summed E-state index contributed by atoms with van der Waals surface area (Å²) >= 11 is 0. The third-order valence-corrected chi connectivity index (χ3v) is 4.36. The number of carbonyl (C=O) groups excluding carboxylic acids is 2. The van der Waals surface area contributed by atoms with Gasteiger partial charge in [0.05, 0.1) is 6.54 Å². The van der Waals surface area contributed by atoms with Gasteiger partial charge in [-0.15, -0.1) is 0 Å². The topological polar surface area (TPSA) is 49.4 Å². The Kier molecular flexibility index (Phi) is 4.34. The lowest BCUT2D eigenvalue weighted by Gasteiger charge is -2.21. The summed E-state index contributed by atoms with van der Waals surface area (Å²) in [6, 6.07) is 15.2. The van der Waals surface area contributed by atoms with Crippen LogP contribution in [0.4, 0.5) is 9.18 Å². The molecule has 0 aliphatic carbocycles. The van der Waals surface area contributed by atoms with E-state index in [0.29, 0.717) is 18.4 Å². The molecule has 24 heavy (non-hydrogen) atoms. The number of urea groups is 1. The van der Waals surface area contributed by atoms with Gasteiger partial charge in [-0.05, 0) is 43.0 Å². The first-order valence-corrected chi connectivity index (χ1v) is 7.90. The van der Waals surface area contributed by atoms with Gasteiger partial charge < -0.3 is 5.32 Å². The van der Waals surface area contributed by atoms with Crippen LogP contribution in [0.3, 0.4) is 0 Å². The average molecular weight is 326 g/mol. The van der Waals surface area contributed by atoms with Crippen LogP contribution in [0.1, 0.15) is 24.5 Å². The van der Waals surface area contributed by atoms with Crippen molar-refractivity contribution in [2.24, 2.45) is 0 Å². The molecule has 5 heteroatoms. The van der Waals surface area contributed by atoms with E-state index in [1.807, 2.05) is 30.3 Å². The lowest BCUT2D eigenvalue weighted by molar-refractivity contribution is -0.131. The molecule has 0 spiro atoms. The van der Waals surface area contributed by atoms with E-state index in [9.17, 15) is 14.0 Å². The highest BCUT2D eigenvalue weighted by Gasteiger charge is 2.47. The third kappa shape index (κ3) is 3.30. The summed E-state index contributed by atoms with van der Waals surface area (Å²) < 4.78 is 13.0. The van der Waals surface area contributed by atoms with Crippen molar-refractivity contribution in [1.29, 1.82) is 0 Å². The van der Waals surface area contributed by atoms with Gasteiger partial charge in [-0.25, -0.2) is 9.18 Å². The number of benzene rings is 2. The Morgan fingerprint density at radius 3 is 2.33 bits per heavy atom. The van der Waals surface area contributed by atoms with Crippen LogP contribution in [-0.2, 0) is 17.8 Å². The lowest BCUT2D eigenvalue weighted by atomic mass is 9.93. The van der Waals surface area contributed by atoms with Crippen LogP contribution in [0.15, 0.2) is 54.6 Å². The van der Waals surface area contributed by atoms with E-state index in [4.69, 9.17) is 0 Å². The fourth-order valence-electron chi connectivity index (χ4n) is 2.87. The fourth-order valence-corrected chi connectivity index (χ4v) is 2.87. The summed E-state index contributed by atoms with van der Waals surface area (Å²) in [5, 5.41) is 2.80. The maximum Gasteiger partial charge on any atom is 0.325 e. The van der Waals surface area contributed by atoms with Crippen LogP contribution in [-0.4, -0.2) is 22.4 Å². The normalized spacial score (nSPS) is 20.3. The van der Waals surface area contributed by atoms with Crippen LogP contribution in [0.25, 0.3) is 0 Å². The monoisotopic (exact) mass is 326 g/mol. The molecule has 0 radical (unpaired) electrons. The zero-order valence-corrected chi connectivity index (χ0v) is 13.5. The van der Waals surface area contributed by atoms with Gasteiger partial charge in [0.15, 0.2) is 0 Å². The zero-order chi connectivity index (χ0) is 17.2. The predicted molar refractivity (Wildman–Crippen MR) is 88.6 cm³/mol. The second kappa shape index (κ2) is 6.43. The molecule has 3 amide bonds. The summed E-state index contributed by atoms with van der Waals surface area (Å²) in [5.41, 5.74) is 0.928. The Balaban J connectivity index is 1.69. The molecular formula is C19H19FN2O2. The molecule has 0 saturated carbocycles. The smallest absolute Gasteiger partial charge is 0.323 e. The first kappa shape index (κ1) is 16.2. The minimum atomic E-state index is -0.910. The van der Waals surface area contributed by atoms with Crippen LogP contribution >= 0.6 is 0 Å². The minimum absolute atomic E-state index is 0.145. The first-order chi connectivity index (χ1) is 11.5. The number of nitrogens with zero attached hydrogens (tertiary/aromatic N) is 1. The molecule has 1 saturated heterocycles. The van der Waals surface area contributed by atoms with Gasteiger partial charge in [0, 0.05) is 0 Å². The van der Waals surface area contributed by atoms with Crippen molar-refractivity contribution in [2.45, 2.75) is 31.8 Å². The van der Waals surface area contributed by atoms with Gasteiger partial charge in [0.2, 0.25) is 0 Å². The summed E-state index contributed by atoms with van der Waals surface area (Å²) in [6.45, 7) is 1.90. The van der Waals surface area contributed by atoms with Crippen LogP contribution in [0.5, 0.6) is 0 Å². The number of rotatable bonds is 5. The third-order valence-electron chi connectivity index (χ3n) is 4.36. The van der Waals surface area contributed by atoms with Gasteiger partial charge in [-0.1, -0.05) is 42.5 Å². The van der Waals surface area contributed by atoms with E-state index < -0.39 is 11.6 Å². The number of nitrogens with one attached hydrogen (secondary N) is 1. The van der Waals surface area contributed by atoms with Gasteiger partial charge >= 0.3 is 6.03 Å². The number of halogens is 1. The Morgan fingerprint density at radius 2 is 1.67 bits per heavy atom. The van der Waals surface area contributed by atoms with Gasteiger partial charge in [0.1, 0.15) is 11.4 Å². The lowest BCUT2D eigenvalue weighted by Crippen LogP contribution is -2.44. The SMILES string of the molecule is CC1(CCc2ccccc2)NC(=O)N(Cc2ccc(F)cc2)C1=O. The van der Waals surface area contributed by atoms with Gasteiger partial charge in [0.25, 0.3) is 5.91 Å². The minimum Gasteiger partial charge on any atom is -0.323 e. The van der Waals surface area contributed by atoms with Crippen molar-refractivity contribution in [3.05, 3.63) is 71.5 Å².